The lowest BCUT2D eigenvalue weighted by Gasteiger charge is -1.99. The van der Waals surface area contributed by atoms with E-state index in [1.807, 2.05) is 36.4 Å². The maximum Gasteiger partial charge on any atom is 0.359 e. The summed E-state index contributed by atoms with van der Waals surface area (Å²) >= 11 is 1.04. The average Bonchev–Trinajstić information content (AvgIpc) is 3.16. The van der Waals surface area contributed by atoms with E-state index in [2.05, 4.69) is 27.4 Å². The first-order valence-electron chi connectivity index (χ1n) is 8.65. The first-order chi connectivity index (χ1) is 14.1. The summed E-state index contributed by atoms with van der Waals surface area (Å²) in [6, 6.07) is 17.4. The fraction of sp³-hybridized carbons (Fsp3) is 0.0952. The molecule has 0 spiro atoms. The Hall–Kier alpha value is -2.24. The molecule has 0 atom stereocenters. The van der Waals surface area contributed by atoms with Crippen LogP contribution in [-0.4, -0.2) is 30.1 Å². The molecule has 30 heavy (non-hydrogen) atoms. The standard InChI is InChI=1S/C21H16IN3O3S.BrH/c1-27-15-6-3-13(4-7-15)22-14-5-9-18(23-12-14)20(26)25-21-24-17-10-8-16(28-2)11-19(17)29-21;/h3-12H,1-2H3;1H. The number of methoxy groups -OCH3 is 2. The van der Waals surface area contributed by atoms with Crippen LogP contribution in [0.25, 0.3) is 10.2 Å². The monoisotopic (exact) mass is 597 g/mol. The van der Waals surface area contributed by atoms with Crippen LogP contribution in [0, 0.1) is 7.14 Å². The molecule has 4 aromatic rings. The van der Waals surface area contributed by atoms with Crippen LogP contribution < -0.4 is 53.0 Å². The van der Waals surface area contributed by atoms with Gasteiger partial charge in [0, 0.05) is 0 Å². The SMILES string of the molecule is COc1ccc([I+]c2ccc(C(=O)Nc3nc4ccc(OC)cc4s3)nc2)cc1.[Br-]. The normalized spacial score (nSPS) is 10.3. The Labute approximate surface area is 198 Å². The summed E-state index contributed by atoms with van der Waals surface area (Å²) in [6.07, 6.45) is 1.77. The second kappa shape index (κ2) is 10.2. The summed E-state index contributed by atoms with van der Waals surface area (Å²) in [4.78, 5) is 21.3. The molecule has 2 aromatic carbocycles. The molecule has 2 aromatic heterocycles. The van der Waals surface area contributed by atoms with Crippen molar-refractivity contribution in [3.63, 3.8) is 0 Å². The van der Waals surface area contributed by atoms with Crippen molar-refractivity contribution in [1.29, 1.82) is 0 Å². The zero-order valence-electron chi connectivity index (χ0n) is 16.1. The van der Waals surface area contributed by atoms with Gasteiger partial charge in [0.05, 0.1) is 30.6 Å². The van der Waals surface area contributed by atoms with E-state index in [9.17, 15) is 4.79 Å². The van der Waals surface area contributed by atoms with Crippen LogP contribution in [0.15, 0.2) is 60.8 Å². The predicted molar refractivity (Wildman–Crippen MR) is 109 cm³/mol. The van der Waals surface area contributed by atoms with E-state index >= 15 is 0 Å². The number of carbonyl (C=O) groups excluding carboxylic acids is 1. The molecule has 6 nitrogen and oxygen atoms in total. The Bertz CT molecular complexity index is 1150. The summed E-state index contributed by atoms with van der Waals surface area (Å²) in [5.74, 6) is 1.33. The molecule has 0 saturated carbocycles. The van der Waals surface area contributed by atoms with E-state index in [0.29, 0.717) is 10.8 Å². The summed E-state index contributed by atoms with van der Waals surface area (Å²) in [7, 11) is 3.28. The van der Waals surface area contributed by atoms with Crippen molar-refractivity contribution in [3.05, 3.63) is 73.6 Å². The van der Waals surface area contributed by atoms with Crippen molar-refractivity contribution in [2.24, 2.45) is 0 Å². The number of aromatic nitrogens is 2. The molecule has 0 aliphatic heterocycles. The Morgan fingerprint density at radius 2 is 1.67 bits per heavy atom. The molecular weight excluding hydrogens is 581 g/mol. The van der Waals surface area contributed by atoms with Gasteiger partial charge < -0.3 is 26.5 Å². The van der Waals surface area contributed by atoms with Crippen molar-refractivity contribution in [2.45, 2.75) is 0 Å². The zero-order chi connectivity index (χ0) is 20.2. The first-order valence-corrected chi connectivity index (χ1v) is 11.6. The van der Waals surface area contributed by atoms with Gasteiger partial charge in [0.2, 0.25) is 3.57 Å². The van der Waals surface area contributed by atoms with Gasteiger partial charge in [-0.05, 0) is 54.6 Å². The lowest BCUT2D eigenvalue weighted by molar-refractivity contribution is -0.597. The van der Waals surface area contributed by atoms with Crippen LogP contribution in [-0.2, 0) is 0 Å². The fourth-order valence-corrected chi connectivity index (χ4v) is 5.54. The number of carbonyl (C=O) groups is 1. The number of anilines is 1. The molecule has 1 N–H and O–H groups in total. The number of nitrogens with zero attached hydrogens (tertiary/aromatic N) is 2. The number of pyridine rings is 1. The van der Waals surface area contributed by atoms with Crippen LogP contribution in [0.4, 0.5) is 5.13 Å². The van der Waals surface area contributed by atoms with Crippen LogP contribution in [0.5, 0.6) is 11.5 Å². The lowest BCUT2D eigenvalue weighted by atomic mass is 10.3. The number of rotatable bonds is 6. The Kier molecular flexibility index (Phi) is 7.62. The number of halogens is 2. The van der Waals surface area contributed by atoms with Crippen molar-refractivity contribution < 1.29 is 52.5 Å². The van der Waals surface area contributed by atoms with Gasteiger partial charge in [0.1, 0.15) is 17.2 Å². The highest BCUT2D eigenvalue weighted by molar-refractivity contribution is 7.22. The largest absolute Gasteiger partial charge is 1.00 e. The van der Waals surface area contributed by atoms with Gasteiger partial charge in [-0.3, -0.25) is 10.1 Å². The minimum atomic E-state index is -0.362. The van der Waals surface area contributed by atoms with Crippen molar-refractivity contribution in [3.8, 4) is 11.5 Å². The Morgan fingerprint density at radius 1 is 0.967 bits per heavy atom. The molecule has 1 amide bonds. The second-order valence-corrected chi connectivity index (χ2v) is 9.98. The quantitative estimate of drug-likeness (QED) is 0.263. The highest BCUT2D eigenvalue weighted by atomic mass is 127. The third-order valence-electron chi connectivity index (χ3n) is 4.04. The predicted octanol–water partition coefficient (Wildman–Crippen LogP) is -1.91. The van der Waals surface area contributed by atoms with E-state index < -0.39 is 0 Å². The number of nitrogens with one attached hydrogen (secondary N) is 1. The number of amides is 1. The third-order valence-corrected chi connectivity index (χ3v) is 7.58. The molecule has 0 bridgehead atoms. The van der Waals surface area contributed by atoms with Gasteiger partial charge in [-0.2, -0.15) is 0 Å². The van der Waals surface area contributed by atoms with E-state index in [4.69, 9.17) is 9.47 Å². The van der Waals surface area contributed by atoms with Crippen LogP contribution in [0.2, 0.25) is 0 Å². The maximum atomic E-state index is 12.5. The van der Waals surface area contributed by atoms with Gasteiger partial charge in [-0.15, -0.1) is 0 Å². The second-order valence-electron chi connectivity index (χ2n) is 5.92. The Balaban J connectivity index is 0.00000256. The minimum Gasteiger partial charge on any atom is -1.00 e. The molecule has 4 rings (SSSR count). The van der Waals surface area contributed by atoms with E-state index in [0.717, 1.165) is 25.3 Å². The number of ether oxygens (including phenoxy) is 2. The van der Waals surface area contributed by atoms with Gasteiger partial charge in [-0.1, -0.05) is 11.3 Å². The molecule has 0 aliphatic carbocycles. The highest BCUT2D eigenvalue weighted by Crippen LogP contribution is 2.29. The van der Waals surface area contributed by atoms with Crippen LogP contribution >= 0.6 is 11.3 Å². The summed E-state index contributed by atoms with van der Waals surface area (Å²) in [5, 5.41) is 3.36. The van der Waals surface area contributed by atoms with Gasteiger partial charge >= 0.3 is 21.2 Å². The smallest absolute Gasteiger partial charge is 0.359 e. The summed E-state index contributed by atoms with van der Waals surface area (Å²) < 4.78 is 13.8. The summed E-state index contributed by atoms with van der Waals surface area (Å²) in [5.41, 5.74) is 1.18. The van der Waals surface area contributed by atoms with Crippen LogP contribution in [0.1, 0.15) is 10.5 Å². The van der Waals surface area contributed by atoms with E-state index in [1.165, 1.54) is 14.9 Å². The molecule has 0 radical (unpaired) electrons. The third kappa shape index (κ3) is 5.27. The topological polar surface area (TPSA) is 73.3 Å². The van der Waals surface area contributed by atoms with Crippen molar-refractivity contribution >= 4 is 32.6 Å². The van der Waals surface area contributed by atoms with E-state index in [-0.39, 0.29) is 44.1 Å². The summed E-state index contributed by atoms with van der Waals surface area (Å²) in [6.45, 7) is 0. The number of fused-ring (bicyclic) bond motifs is 1. The van der Waals surface area contributed by atoms with Crippen molar-refractivity contribution in [2.75, 3.05) is 19.5 Å². The number of hydrogen-bond donors (Lipinski definition) is 1. The molecular formula is C21H17BrIN3O3S. The number of hydrogen-bond acceptors (Lipinski definition) is 6. The minimum absolute atomic E-state index is 0. The molecule has 0 saturated heterocycles. The van der Waals surface area contributed by atoms with Gasteiger partial charge in [-0.25, -0.2) is 9.97 Å². The average molecular weight is 598 g/mol. The highest BCUT2D eigenvalue weighted by Gasteiger charge is 2.18. The number of thiazole rings is 1. The maximum absolute atomic E-state index is 12.5. The fourth-order valence-electron chi connectivity index (χ4n) is 2.57. The zero-order valence-corrected chi connectivity index (χ0v) is 20.6. The molecule has 154 valence electrons. The Morgan fingerprint density at radius 3 is 2.33 bits per heavy atom. The van der Waals surface area contributed by atoms with Gasteiger partial charge in [0.25, 0.3) is 5.91 Å². The van der Waals surface area contributed by atoms with Crippen LogP contribution in [0.3, 0.4) is 0 Å². The van der Waals surface area contributed by atoms with Gasteiger partial charge in [0.15, 0.2) is 8.70 Å². The molecule has 0 aliphatic rings. The van der Waals surface area contributed by atoms with E-state index in [1.54, 1.807) is 26.5 Å². The molecule has 9 heteroatoms. The first kappa shape index (κ1) is 22.4. The number of benzene rings is 2. The molecule has 2 heterocycles. The molecule has 0 unspecified atom stereocenters. The van der Waals surface area contributed by atoms with Crippen molar-refractivity contribution in [1.82, 2.24) is 9.97 Å². The molecule has 0 fully saturated rings. The lowest BCUT2D eigenvalue weighted by Crippen LogP contribution is -3.61.